The van der Waals surface area contributed by atoms with Crippen molar-refractivity contribution in [3.63, 3.8) is 0 Å². The van der Waals surface area contributed by atoms with Gasteiger partial charge in [0.1, 0.15) is 5.75 Å². The number of anilines is 1. The van der Waals surface area contributed by atoms with Crippen molar-refractivity contribution in [3.8, 4) is 5.75 Å². The summed E-state index contributed by atoms with van der Waals surface area (Å²) in [4.78, 5) is 15.9. The molecule has 0 aliphatic rings. The first-order valence-electron chi connectivity index (χ1n) is 7.09. The van der Waals surface area contributed by atoms with E-state index in [4.69, 9.17) is 4.74 Å². The van der Waals surface area contributed by atoms with Crippen molar-refractivity contribution in [3.05, 3.63) is 54.4 Å². The maximum Gasteiger partial charge on any atom is 0.255 e. The summed E-state index contributed by atoms with van der Waals surface area (Å²) in [7, 11) is 0. The third kappa shape index (κ3) is 4.91. The van der Waals surface area contributed by atoms with Gasteiger partial charge in [-0.15, -0.1) is 0 Å². The molecule has 0 atom stereocenters. The smallest absolute Gasteiger partial charge is 0.255 e. The number of ether oxygens (including phenoxy) is 1. The van der Waals surface area contributed by atoms with Crippen LogP contribution in [0.3, 0.4) is 0 Å². The number of pyridine rings is 1. The summed E-state index contributed by atoms with van der Waals surface area (Å²) in [6.45, 7) is 5.00. The first-order valence-corrected chi connectivity index (χ1v) is 7.09. The normalized spacial score (nSPS) is 10.4. The quantitative estimate of drug-likeness (QED) is 0.878. The Morgan fingerprint density at radius 1 is 1.24 bits per heavy atom. The van der Waals surface area contributed by atoms with Gasteiger partial charge in [-0.05, 0) is 36.6 Å². The number of carbonyl (C=O) groups is 1. The van der Waals surface area contributed by atoms with Gasteiger partial charge in [0.05, 0.1) is 6.61 Å². The number of rotatable bonds is 6. The second-order valence-corrected chi connectivity index (χ2v) is 5.25. The van der Waals surface area contributed by atoms with Gasteiger partial charge in [-0.1, -0.05) is 19.9 Å². The summed E-state index contributed by atoms with van der Waals surface area (Å²) in [5.74, 6) is 1.22. The molecule has 0 aliphatic carbocycles. The zero-order valence-corrected chi connectivity index (χ0v) is 12.4. The summed E-state index contributed by atoms with van der Waals surface area (Å²) < 4.78 is 5.68. The van der Waals surface area contributed by atoms with Crippen LogP contribution in [0.15, 0.2) is 48.8 Å². The number of hydrogen-bond donors (Lipinski definition) is 1. The molecule has 4 nitrogen and oxygen atoms in total. The molecule has 1 aromatic heterocycles. The van der Waals surface area contributed by atoms with Crippen molar-refractivity contribution in [1.82, 2.24) is 4.98 Å². The molecule has 2 rings (SSSR count). The minimum atomic E-state index is -0.156. The molecule has 110 valence electrons. The van der Waals surface area contributed by atoms with E-state index in [1.165, 1.54) is 0 Å². The number of carbonyl (C=O) groups excluding carboxylic acids is 1. The van der Waals surface area contributed by atoms with E-state index in [0.29, 0.717) is 18.1 Å². The molecule has 1 aromatic carbocycles. The van der Waals surface area contributed by atoms with Crippen molar-refractivity contribution in [2.75, 3.05) is 11.9 Å². The third-order valence-corrected chi connectivity index (χ3v) is 3.00. The molecule has 4 heteroatoms. The van der Waals surface area contributed by atoms with Gasteiger partial charge in [-0.25, -0.2) is 0 Å². The lowest BCUT2D eigenvalue weighted by atomic mass is 10.1. The van der Waals surface area contributed by atoms with Crippen LogP contribution in [-0.4, -0.2) is 17.5 Å². The number of aromatic nitrogens is 1. The Kier molecular flexibility index (Phi) is 5.32. The Balaban J connectivity index is 1.96. The highest BCUT2D eigenvalue weighted by Crippen LogP contribution is 2.18. The fraction of sp³-hybridized carbons (Fsp3) is 0.294. The largest absolute Gasteiger partial charge is 0.494 e. The van der Waals surface area contributed by atoms with Gasteiger partial charge in [-0.2, -0.15) is 0 Å². The molecule has 0 radical (unpaired) electrons. The highest BCUT2D eigenvalue weighted by Gasteiger charge is 2.06. The van der Waals surface area contributed by atoms with Crippen molar-refractivity contribution < 1.29 is 9.53 Å². The maximum atomic E-state index is 12.0. The number of benzene rings is 1. The van der Waals surface area contributed by atoms with E-state index in [0.717, 1.165) is 17.9 Å². The van der Waals surface area contributed by atoms with Crippen LogP contribution in [0.1, 0.15) is 30.6 Å². The van der Waals surface area contributed by atoms with Gasteiger partial charge >= 0.3 is 0 Å². The molecular formula is C17H20N2O2. The Bertz CT molecular complexity index is 582. The minimum absolute atomic E-state index is 0.156. The standard InChI is InChI=1S/C17H20N2O2/c1-13(2)8-11-21-16-5-3-4-15(12-16)19-17(20)14-6-9-18-10-7-14/h3-7,9-10,12-13H,8,11H2,1-2H3,(H,19,20). The molecule has 1 heterocycles. The van der Waals surface area contributed by atoms with Crippen LogP contribution in [0.5, 0.6) is 5.75 Å². The summed E-state index contributed by atoms with van der Waals surface area (Å²) in [6, 6.07) is 10.8. The van der Waals surface area contributed by atoms with E-state index >= 15 is 0 Å². The summed E-state index contributed by atoms with van der Waals surface area (Å²) in [5.41, 5.74) is 1.30. The molecule has 1 amide bonds. The molecule has 2 aromatic rings. The predicted molar refractivity (Wildman–Crippen MR) is 83.6 cm³/mol. The van der Waals surface area contributed by atoms with Gasteiger partial charge in [0.25, 0.3) is 5.91 Å². The third-order valence-electron chi connectivity index (χ3n) is 3.00. The van der Waals surface area contributed by atoms with Gasteiger partial charge in [0.15, 0.2) is 0 Å². The van der Waals surface area contributed by atoms with E-state index in [1.807, 2.05) is 24.3 Å². The lowest BCUT2D eigenvalue weighted by Crippen LogP contribution is -2.11. The average molecular weight is 284 g/mol. The first-order chi connectivity index (χ1) is 10.1. The second kappa shape index (κ2) is 7.43. The van der Waals surface area contributed by atoms with Gasteiger partial charge < -0.3 is 10.1 Å². The van der Waals surface area contributed by atoms with Gasteiger partial charge in [0, 0.05) is 29.7 Å². The Morgan fingerprint density at radius 3 is 2.71 bits per heavy atom. The summed E-state index contributed by atoms with van der Waals surface area (Å²) in [5, 5.41) is 2.85. The van der Waals surface area contributed by atoms with Crippen LogP contribution in [0.25, 0.3) is 0 Å². The van der Waals surface area contributed by atoms with Crippen molar-refractivity contribution in [1.29, 1.82) is 0 Å². The molecule has 21 heavy (non-hydrogen) atoms. The average Bonchev–Trinajstić information content (AvgIpc) is 2.48. The SMILES string of the molecule is CC(C)CCOc1cccc(NC(=O)c2ccncc2)c1. The van der Waals surface area contributed by atoms with Crippen molar-refractivity contribution in [2.45, 2.75) is 20.3 Å². The van der Waals surface area contributed by atoms with Gasteiger partial charge in [0.2, 0.25) is 0 Å². The maximum absolute atomic E-state index is 12.0. The molecule has 0 fully saturated rings. The van der Waals surface area contributed by atoms with E-state index in [9.17, 15) is 4.79 Å². The monoisotopic (exact) mass is 284 g/mol. The van der Waals surface area contributed by atoms with Crippen LogP contribution in [-0.2, 0) is 0 Å². The molecule has 0 saturated heterocycles. The van der Waals surface area contributed by atoms with Crippen LogP contribution >= 0.6 is 0 Å². The second-order valence-electron chi connectivity index (χ2n) is 5.25. The summed E-state index contributed by atoms with van der Waals surface area (Å²) in [6.07, 6.45) is 4.20. The van der Waals surface area contributed by atoms with E-state index in [1.54, 1.807) is 24.5 Å². The summed E-state index contributed by atoms with van der Waals surface area (Å²) >= 11 is 0. The number of amides is 1. The van der Waals surface area contributed by atoms with E-state index in [-0.39, 0.29) is 5.91 Å². The van der Waals surface area contributed by atoms with E-state index < -0.39 is 0 Å². The first kappa shape index (κ1) is 15.0. The molecule has 0 spiro atoms. The van der Waals surface area contributed by atoms with Crippen LogP contribution < -0.4 is 10.1 Å². The number of nitrogens with one attached hydrogen (secondary N) is 1. The topological polar surface area (TPSA) is 51.2 Å². The highest BCUT2D eigenvalue weighted by molar-refractivity contribution is 6.04. The lowest BCUT2D eigenvalue weighted by Gasteiger charge is -2.10. The Hall–Kier alpha value is -2.36. The zero-order valence-electron chi connectivity index (χ0n) is 12.4. The lowest BCUT2D eigenvalue weighted by molar-refractivity contribution is 0.102. The van der Waals surface area contributed by atoms with Crippen molar-refractivity contribution >= 4 is 11.6 Å². The zero-order chi connectivity index (χ0) is 15.1. The highest BCUT2D eigenvalue weighted by atomic mass is 16.5. The molecular weight excluding hydrogens is 264 g/mol. The molecule has 1 N–H and O–H groups in total. The Morgan fingerprint density at radius 2 is 2.00 bits per heavy atom. The molecule has 0 bridgehead atoms. The fourth-order valence-corrected chi connectivity index (χ4v) is 1.78. The van der Waals surface area contributed by atoms with Gasteiger partial charge in [-0.3, -0.25) is 9.78 Å². The van der Waals surface area contributed by atoms with Crippen LogP contribution in [0.4, 0.5) is 5.69 Å². The molecule has 0 aliphatic heterocycles. The molecule has 0 unspecified atom stereocenters. The number of hydrogen-bond acceptors (Lipinski definition) is 3. The van der Waals surface area contributed by atoms with E-state index in [2.05, 4.69) is 24.1 Å². The van der Waals surface area contributed by atoms with Crippen LogP contribution in [0.2, 0.25) is 0 Å². The van der Waals surface area contributed by atoms with Crippen LogP contribution in [0, 0.1) is 5.92 Å². The minimum Gasteiger partial charge on any atom is -0.494 e. The predicted octanol–water partition coefficient (Wildman–Crippen LogP) is 3.76. The molecule has 0 saturated carbocycles. The van der Waals surface area contributed by atoms with Crippen molar-refractivity contribution in [2.24, 2.45) is 5.92 Å². The number of nitrogens with zero attached hydrogens (tertiary/aromatic N) is 1. The Labute approximate surface area is 125 Å². The fourth-order valence-electron chi connectivity index (χ4n) is 1.78.